The Hall–Kier alpha value is -5.45. The number of hydrogen-bond acceptors (Lipinski definition) is 7. The summed E-state index contributed by atoms with van der Waals surface area (Å²) >= 11 is 0. The largest absolute Gasteiger partial charge is 0.492 e. The maximum Gasteiger partial charge on any atom is 0.159 e. The summed E-state index contributed by atoms with van der Waals surface area (Å²) in [5, 5.41) is 12.2. The number of hydrogen-bond donors (Lipinski definition) is 3. The standard InChI is InChI=1S/C36H33FN8O/c1-45(2)12-13-46-29-16-26(15-28(37)18-29)33-35-32(10-11-40-33)41-36(42-35)34-30-17-25(8-9-31(30)43-44-34)27-14-24(21-39-22-27)20-38-19-23-6-4-3-5-7-23/h3-11,14-18,21-22,38H,12-13,19-20H2,1-2H3,(H,41,42)(H,43,44). The number of likely N-dealkylation sites (N-methyl/N-ethyl adjacent to an activating group) is 1. The van der Waals surface area contributed by atoms with Gasteiger partial charge in [0.25, 0.3) is 0 Å². The van der Waals surface area contributed by atoms with Gasteiger partial charge in [0.05, 0.1) is 16.7 Å². The minimum Gasteiger partial charge on any atom is -0.492 e. The maximum atomic E-state index is 14.7. The summed E-state index contributed by atoms with van der Waals surface area (Å²) in [4.78, 5) is 19.4. The van der Waals surface area contributed by atoms with Crippen molar-refractivity contribution in [3.05, 3.63) is 114 Å². The van der Waals surface area contributed by atoms with Gasteiger partial charge in [-0.05, 0) is 67.2 Å². The first kappa shape index (κ1) is 29.3. The van der Waals surface area contributed by atoms with Crippen LogP contribution in [-0.4, -0.2) is 62.3 Å². The molecule has 0 atom stereocenters. The van der Waals surface area contributed by atoms with E-state index in [1.54, 1.807) is 12.3 Å². The van der Waals surface area contributed by atoms with Crippen LogP contribution in [0.25, 0.3) is 55.8 Å². The molecule has 0 fully saturated rings. The Kier molecular flexibility index (Phi) is 8.20. The first-order valence-corrected chi connectivity index (χ1v) is 15.1. The zero-order chi connectivity index (χ0) is 31.5. The van der Waals surface area contributed by atoms with Gasteiger partial charge < -0.3 is 19.9 Å². The van der Waals surface area contributed by atoms with Crippen molar-refractivity contribution in [2.45, 2.75) is 13.1 Å². The molecule has 0 radical (unpaired) electrons. The van der Waals surface area contributed by atoms with Crippen LogP contribution in [-0.2, 0) is 13.1 Å². The first-order valence-electron chi connectivity index (χ1n) is 15.1. The monoisotopic (exact) mass is 612 g/mol. The van der Waals surface area contributed by atoms with E-state index in [9.17, 15) is 4.39 Å². The molecule has 4 aromatic heterocycles. The van der Waals surface area contributed by atoms with E-state index in [4.69, 9.17) is 9.72 Å². The molecule has 0 aliphatic rings. The maximum absolute atomic E-state index is 14.7. The fourth-order valence-electron chi connectivity index (χ4n) is 5.45. The number of rotatable bonds is 11. The predicted molar refractivity (Wildman–Crippen MR) is 179 cm³/mol. The number of nitrogens with zero attached hydrogens (tertiary/aromatic N) is 5. The molecular weight excluding hydrogens is 579 g/mol. The zero-order valence-electron chi connectivity index (χ0n) is 25.6. The second-order valence-electron chi connectivity index (χ2n) is 11.5. The van der Waals surface area contributed by atoms with E-state index in [0.717, 1.165) is 46.2 Å². The molecule has 10 heteroatoms. The van der Waals surface area contributed by atoms with Crippen LogP contribution in [0, 0.1) is 5.82 Å². The quantitative estimate of drug-likeness (QED) is 0.151. The van der Waals surface area contributed by atoms with Crippen molar-refractivity contribution in [1.82, 2.24) is 40.3 Å². The number of aromatic amines is 2. The molecule has 3 N–H and O–H groups in total. The lowest BCUT2D eigenvalue weighted by molar-refractivity contribution is 0.260. The second-order valence-corrected chi connectivity index (χ2v) is 11.5. The molecule has 0 unspecified atom stereocenters. The van der Waals surface area contributed by atoms with Gasteiger partial charge in [-0.2, -0.15) is 5.10 Å². The number of ether oxygens (including phenoxy) is 1. The molecule has 0 amide bonds. The summed E-state index contributed by atoms with van der Waals surface area (Å²) in [5.74, 6) is 0.634. The van der Waals surface area contributed by atoms with E-state index in [1.165, 1.54) is 17.7 Å². The lowest BCUT2D eigenvalue weighted by atomic mass is 10.0. The van der Waals surface area contributed by atoms with Crippen LogP contribution in [0.5, 0.6) is 5.75 Å². The Morgan fingerprint density at radius 2 is 1.70 bits per heavy atom. The van der Waals surface area contributed by atoms with Gasteiger partial charge in [-0.3, -0.25) is 15.1 Å². The molecule has 9 nitrogen and oxygen atoms in total. The van der Waals surface area contributed by atoms with E-state index in [0.29, 0.717) is 47.2 Å². The van der Waals surface area contributed by atoms with E-state index in [-0.39, 0.29) is 0 Å². The lowest BCUT2D eigenvalue weighted by Gasteiger charge is -2.12. The Labute approximate surface area is 265 Å². The number of fused-ring (bicyclic) bond motifs is 2. The highest BCUT2D eigenvalue weighted by atomic mass is 19.1. The second kappa shape index (κ2) is 12.9. The fourth-order valence-corrected chi connectivity index (χ4v) is 5.45. The van der Waals surface area contributed by atoms with Gasteiger partial charge in [0, 0.05) is 60.8 Å². The number of imidazole rings is 1. The molecule has 7 aromatic rings. The van der Waals surface area contributed by atoms with Crippen LogP contribution in [0.2, 0.25) is 0 Å². The van der Waals surface area contributed by atoms with Gasteiger partial charge >= 0.3 is 0 Å². The molecule has 0 saturated carbocycles. The topological polar surface area (TPSA) is 108 Å². The summed E-state index contributed by atoms with van der Waals surface area (Å²) in [6.07, 6.45) is 5.45. The van der Waals surface area contributed by atoms with Crippen LogP contribution < -0.4 is 10.1 Å². The molecule has 0 saturated heterocycles. The molecule has 0 bridgehead atoms. The fraction of sp³-hybridized carbons (Fsp3) is 0.167. The Morgan fingerprint density at radius 1 is 0.826 bits per heavy atom. The van der Waals surface area contributed by atoms with E-state index in [1.807, 2.05) is 61.7 Å². The Balaban J connectivity index is 1.17. The number of benzene rings is 3. The van der Waals surface area contributed by atoms with Gasteiger partial charge in [0.1, 0.15) is 29.4 Å². The van der Waals surface area contributed by atoms with Crippen molar-refractivity contribution in [1.29, 1.82) is 0 Å². The Morgan fingerprint density at radius 3 is 2.57 bits per heavy atom. The third kappa shape index (κ3) is 6.35. The van der Waals surface area contributed by atoms with Crippen molar-refractivity contribution in [3.8, 4) is 39.7 Å². The molecular formula is C36H33FN8O. The van der Waals surface area contributed by atoms with Crippen molar-refractivity contribution >= 4 is 21.9 Å². The van der Waals surface area contributed by atoms with Crippen molar-refractivity contribution in [2.24, 2.45) is 0 Å². The molecule has 3 aromatic carbocycles. The summed E-state index contributed by atoms with van der Waals surface area (Å²) in [5.41, 5.74) is 8.47. The number of aromatic nitrogens is 6. The van der Waals surface area contributed by atoms with Gasteiger partial charge in [-0.25, -0.2) is 9.37 Å². The summed E-state index contributed by atoms with van der Waals surface area (Å²) in [7, 11) is 3.93. The van der Waals surface area contributed by atoms with Crippen molar-refractivity contribution in [2.75, 3.05) is 27.2 Å². The van der Waals surface area contributed by atoms with E-state index < -0.39 is 5.82 Å². The van der Waals surface area contributed by atoms with Crippen LogP contribution in [0.4, 0.5) is 4.39 Å². The molecule has 0 aliphatic carbocycles. The normalized spacial score (nSPS) is 11.6. The smallest absolute Gasteiger partial charge is 0.159 e. The molecule has 7 rings (SSSR count). The number of halogens is 1. The highest BCUT2D eigenvalue weighted by Crippen LogP contribution is 2.33. The highest BCUT2D eigenvalue weighted by Gasteiger charge is 2.17. The average Bonchev–Trinajstić information content (AvgIpc) is 3.69. The predicted octanol–water partition coefficient (Wildman–Crippen LogP) is 6.60. The van der Waals surface area contributed by atoms with Crippen LogP contribution in [0.1, 0.15) is 11.1 Å². The number of pyridine rings is 2. The van der Waals surface area contributed by atoms with Crippen molar-refractivity contribution < 1.29 is 9.13 Å². The molecule has 0 aliphatic heterocycles. The lowest BCUT2D eigenvalue weighted by Crippen LogP contribution is -2.19. The number of H-pyrrole nitrogens is 2. The van der Waals surface area contributed by atoms with Gasteiger partial charge in [-0.15, -0.1) is 0 Å². The van der Waals surface area contributed by atoms with Gasteiger partial charge in [0.2, 0.25) is 0 Å². The van der Waals surface area contributed by atoms with Crippen LogP contribution in [0.3, 0.4) is 0 Å². The van der Waals surface area contributed by atoms with E-state index in [2.05, 4.69) is 60.8 Å². The minimum atomic E-state index is -0.400. The van der Waals surface area contributed by atoms with Crippen LogP contribution >= 0.6 is 0 Å². The molecule has 4 heterocycles. The third-order valence-electron chi connectivity index (χ3n) is 7.77. The van der Waals surface area contributed by atoms with Gasteiger partial charge in [-0.1, -0.05) is 36.4 Å². The minimum absolute atomic E-state index is 0.400. The summed E-state index contributed by atoms with van der Waals surface area (Å²) in [6.45, 7) is 2.66. The molecule has 230 valence electrons. The number of nitrogens with one attached hydrogen (secondary N) is 3. The van der Waals surface area contributed by atoms with E-state index >= 15 is 0 Å². The Bertz CT molecular complexity index is 2120. The first-order chi connectivity index (χ1) is 22.5. The third-order valence-corrected chi connectivity index (χ3v) is 7.77. The van der Waals surface area contributed by atoms with Gasteiger partial charge in [0.15, 0.2) is 5.82 Å². The molecule has 46 heavy (non-hydrogen) atoms. The molecule has 0 spiro atoms. The summed E-state index contributed by atoms with van der Waals surface area (Å²) in [6, 6.07) is 25.1. The SMILES string of the molecule is CN(C)CCOc1cc(F)cc(-c2nccc3[nH]c(-c4n[nH]c5ccc(-c6cncc(CNCc7ccccc7)c6)cc45)nc23)c1. The van der Waals surface area contributed by atoms with Crippen molar-refractivity contribution in [3.63, 3.8) is 0 Å². The van der Waals surface area contributed by atoms with Crippen LogP contribution in [0.15, 0.2) is 97.5 Å². The average molecular weight is 613 g/mol. The highest BCUT2D eigenvalue weighted by molar-refractivity contribution is 5.97. The summed E-state index contributed by atoms with van der Waals surface area (Å²) < 4.78 is 20.5. The zero-order valence-corrected chi connectivity index (χ0v) is 25.6.